The zero-order valence-electron chi connectivity index (χ0n) is 19.8. The lowest BCUT2D eigenvalue weighted by molar-refractivity contribution is -0.122. The van der Waals surface area contributed by atoms with Gasteiger partial charge in [-0.25, -0.2) is 14.5 Å². The fourth-order valence-electron chi connectivity index (χ4n) is 3.77. The summed E-state index contributed by atoms with van der Waals surface area (Å²) < 4.78 is 12.0. The smallest absolute Gasteiger partial charge is 0.335 e. The number of amides is 4. The molecule has 1 saturated heterocycles. The van der Waals surface area contributed by atoms with Gasteiger partial charge >= 0.3 is 12.0 Å². The van der Waals surface area contributed by atoms with Crippen LogP contribution in [-0.2, 0) is 16.2 Å². The van der Waals surface area contributed by atoms with Gasteiger partial charge in [-0.15, -0.1) is 0 Å². The van der Waals surface area contributed by atoms with E-state index >= 15 is 0 Å². The maximum atomic E-state index is 13.2. The van der Waals surface area contributed by atoms with Gasteiger partial charge in [0.25, 0.3) is 11.8 Å². The van der Waals surface area contributed by atoms with Crippen molar-refractivity contribution in [3.8, 4) is 11.5 Å². The van der Waals surface area contributed by atoms with E-state index in [1.54, 1.807) is 55.5 Å². The van der Waals surface area contributed by atoms with Crippen LogP contribution in [0.25, 0.3) is 6.08 Å². The zero-order valence-corrected chi connectivity index (χ0v) is 21.9. The Kier molecular flexibility index (Phi) is 7.58. The Morgan fingerprint density at radius 2 is 1.84 bits per heavy atom. The first kappa shape index (κ1) is 25.9. The fraction of sp³-hybridized carbons (Fsp3) is 0.111. The summed E-state index contributed by atoms with van der Waals surface area (Å²) in [7, 11) is 1.46. The maximum absolute atomic E-state index is 13.2. The summed E-state index contributed by atoms with van der Waals surface area (Å²) in [6, 6.07) is 15.8. The molecule has 37 heavy (non-hydrogen) atoms. The molecule has 1 heterocycles. The molecule has 0 aromatic heterocycles. The van der Waals surface area contributed by atoms with Gasteiger partial charge in [0.1, 0.15) is 12.2 Å². The molecule has 0 bridgehead atoms. The number of methoxy groups -OCH3 is 1. The van der Waals surface area contributed by atoms with Crippen molar-refractivity contribution in [1.82, 2.24) is 5.32 Å². The normalized spacial score (nSPS) is 14.5. The van der Waals surface area contributed by atoms with Crippen molar-refractivity contribution in [1.29, 1.82) is 0 Å². The summed E-state index contributed by atoms with van der Waals surface area (Å²) in [5, 5.41) is 11.4. The van der Waals surface area contributed by atoms with Crippen molar-refractivity contribution in [2.45, 2.75) is 13.5 Å². The number of hydrogen-bond acceptors (Lipinski definition) is 6. The number of anilines is 1. The summed E-state index contributed by atoms with van der Waals surface area (Å²) in [6.45, 7) is 1.86. The maximum Gasteiger partial charge on any atom is 0.335 e. The second-order valence-electron chi connectivity index (χ2n) is 8.07. The molecule has 1 fully saturated rings. The predicted molar refractivity (Wildman–Crippen MR) is 144 cm³/mol. The van der Waals surface area contributed by atoms with Crippen LogP contribution in [0.2, 0.25) is 0 Å². The molecule has 4 amide bonds. The molecule has 0 unspecified atom stereocenters. The number of ether oxygens (including phenoxy) is 2. The number of carbonyl (C=O) groups is 4. The van der Waals surface area contributed by atoms with Crippen molar-refractivity contribution in [3.05, 3.63) is 92.1 Å². The van der Waals surface area contributed by atoms with Crippen molar-refractivity contribution in [2.24, 2.45) is 0 Å². The summed E-state index contributed by atoms with van der Waals surface area (Å²) in [4.78, 5) is 50.4. The van der Waals surface area contributed by atoms with Gasteiger partial charge in [-0.2, -0.15) is 0 Å². The Labute approximate surface area is 225 Å². The monoisotopic (exact) mass is 612 g/mol. The lowest BCUT2D eigenvalue weighted by atomic mass is 10.1. The largest absolute Gasteiger partial charge is 0.493 e. The highest BCUT2D eigenvalue weighted by Gasteiger charge is 2.37. The molecule has 3 aromatic rings. The molecule has 0 saturated carbocycles. The van der Waals surface area contributed by atoms with Gasteiger partial charge < -0.3 is 14.6 Å². The average Bonchev–Trinajstić information content (AvgIpc) is 2.86. The molecule has 0 spiro atoms. The van der Waals surface area contributed by atoms with Gasteiger partial charge in [0.05, 0.1) is 21.9 Å². The van der Waals surface area contributed by atoms with Crippen molar-refractivity contribution in [2.75, 3.05) is 12.0 Å². The van der Waals surface area contributed by atoms with Crippen LogP contribution in [0.15, 0.2) is 66.2 Å². The second kappa shape index (κ2) is 10.8. The number of barbiturate groups is 1. The number of carbonyl (C=O) groups excluding carboxylic acids is 3. The van der Waals surface area contributed by atoms with Gasteiger partial charge in [0, 0.05) is 0 Å². The number of carboxylic acid groups (broad SMARTS) is 1. The second-order valence-corrected chi connectivity index (χ2v) is 9.23. The van der Waals surface area contributed by atoms with E-state index < -0.39 is 23.8 Å². The summed E-state index contributed by atoms with van der Waals surface area (Å²) in [5.41, 5.74) is 2.17. The van der Waals surface area contributed by atoms with Gasteiger partial charge in [-0.05, 0) is 82.6 Å². The summed E-state index contributed by atoms with van der Waals surface area (Å²) in [5.74, 6) is -1.80. The summed E-state index contributed by atoms with van der Waals surface area (Å²) in [6.07, 6.45) is 1.39. The zero-order chi connectivity index (χ0) is 26.7. The molecule has 1 aliphatic rings. The molecule has 1 aliphatic heterocycles. The lowest BCUT2D eigenvalue weighted by Gasteiger charge is -2.27. The highest BCUT2D eigenvalue weighted by molar-refractivity contribution is 14.1. The van der Waals surface area contributed by atoms with Crippen molar-refractivity contribution in [3.63, 3.8) is 0 Å². The minimum absolute atomic E-state index is 0.0995. The number of benzene rings is 3. The van der Waals surface area contributed by atoms with E-state index in [0.717, 1.165) is 4.90 Å². The number of hydrogen-bond donors (Lipinski definition) is 2. The van der Waals surface area contributed by atoms with Crippen LogP contribution in [0.4, 0.5) is 10.5 Å². The molecule has 2 N–H and O–H groups in total. The van der Waals surface area contributed by atoms with Gasteiger partial charge in [0.15, 0.2) is 11.5 Å². The molecule has 188 valence electrons. The van der Waals surface area contributed by atoms with Crippen LogP contribution >= 0.6 is 22.6 Å². The first-order valence-electron chi connectivity index (χ1n) is 11.0. The topological polar surface area (TPSA) is 122 Å². The average molecular weight is 612 g/mol. The molecule has 0 aliphatic carbocycles. The number of aryl methyl sites for hydroxylation is 1. The molecular weight excluding hydrogens is 591 g/mol. The lowest BCUT2D eigenvalue weighted by Crippen LogP contribution is -2.54. The highest BCUT2D eigenvalue weighted by Crippen LogP contribution is 2.36. The Hall–Kier alpha value is -4.19. The molecule has 0 atom stereocenters. The van der Waals surface area contributed by atoms with E-state index in [4.69, 9.17) is 9.47 Å². The van der Waals surface area contributed by atoms with E-state index in [-0.39, 0.29) is 17.7 Å². The van der Waals surface area contributed by atoms with E-state index in [0.29, 0.717) is 37.4 Å². The third-order valence-corrected chi connectivity index (χ3v) is 6.38. The van der Waals surface area contributed by atoms with Crippen molar-refractivity contribution < 1.29 is 33.8 Å². The number of halogens is 1. The molecule has 3 aromatic carbocycles. The van der Waals surface area contributed by atoms with Crippen LogP contribution in [0.1, 0.15) is 27.0 Å². The minimum atomic E-state index is -1.03. The van der Waals surface area contributed by atoms with Crippen molar-refractivity contribution >= 4 is 58.2 Å². The number of imide groups is 2. The first-order valence-corrected chi connectivity index (χ1v) is 12.1. The van der Waals surface area contributed by atoms with Crippen LogP contribution in [-0.4, -0.2) is 36.0 Å². The Morgan fingerprint density at radius 1 is 1.08 bits per heavy atom. The Morgan fingerprint density at radius 3 is 2.54 bits per heavy atom. The number of nitrogens with zero attached hydrogens (tertiary/aromatic N) is 1. The molecule has 10 heteroatoms. The van der Waals surface area contributed by atoms with E-state index in [1.807, 2.05) is 22.6 Å². The number of rotatable bonds is 7. The van der Waals surface area contributed by atoms with Gasteiger partial charge in [-0.3, -0.25) is 14.9 Å². The molecular formula is C27H21IN2O7. The Bertz CT molecular complexity index is 1460. The first-order chi connectivity index (χ1) is 17.7. The summed E-state index contributed by atoms with van der Waals surface area (Å²) >= 11 is 2.04. The highest BCUT2D eigenvalue weighted by atomic mass is 127. The third kappa shape index (κ3) is 5.48. The SMILES string of the molecule is COc1cc(/C=C2\C(=O)NC(=O)N(c3ccccc3C)C2=O)cc(I)c1OCc1cccc(C(=O)O)c1. The number of para-hydroxylation sites is 1. The predicted octanol–water partition coefficient (Wildman–Crippen LogP) is 4.55. The van der Waals surface area contributed by atoms with Crippen LogP contribution < -0.4 is 19.7 Å². The van der Waals surface area contributed by atoms with E-state index in [9.17, 15) is 24.3 Å². The standard InChI is InChI=1S/C27H21IN2O7/c1-15-6-3-4-9-21(15)30-25(32)19(24(31)29-27(30)35)11-17-12-20(28)23(22(13-17)36-2)37-14-16-7-5-8-18(10-16)26(33)34/h3-13H,14H2,1-2H3,(H,33,34)(H,29,31,35)/b19-11+. The van der Waals surface area contributed by atoms with Crippen LogP contribution in [0.3, 0.4) is 0 Å². The third-order valence-electron chi connectivity index (χ3n) is 5.58. The van der Waals surface area contributed by atoms with E-state index in [1.165, 1.54) is 25.3 Å². The van der Waals surface area contributed by atoms with Crippen LogP contribution in [0.5, 0.6) is 11.5 Å². The van der Waals surface area contributed by atoms with Gasteiger partial charge in [0.2, 0.25) is 0 Å². The number of carboxylic acids is 1. The molecule has 0 radical (unpaired) electrons. The molecule has 4 rings (SSSR count). The quantitative estimate of drug-likeness (QED) is 0.228. The molecule has 9 nitrogen and oxygen atoms in total. The Balaban J connectivity index is 1.64. The minimum Gasteiger partial charge on any atom is -0.493 e. The fourth-order valence-corrected chi connectivity index (χ4v) is 4.55. The number of nitrogens with one attached hydrogen (secondary N) is 1. The van der Waals surface area contributed by atoms with E-state index in [2.05, 4.69) is 5.32 Å². The van der Waals surface area contributed by atoms with Crippen LogP contribution in [0, 0.1) is 10.5 Å². The van der Waals surface area contributed by atoms with Gasteiger partial charge in [-0.1, -0.05) is 30.3 Å². The number of urea groups is 1. The number of aromatic carboxylic acids is 1.